The molecule has 0 radical (unpaired) electrons. The van der Waals surface area contributed by atoms with Gasteiger partial charge in [0.1, 0.15) is 72.2 Å². The highest BCUT2D eigenvalue weighted by molar-refractivity contribution is 7.98. The van der Waals surface area contributed by atoms with Crippen molar-refractivity contribution in [1.82, 2.24) is 63.8 Å². The van der Waals surface area contributed by atoms with Gasteiger partial charge in [-0.15, -0.1) is 0 Å². The fourth-order valence-electron chi connectivity index (χ4n) is 11.1. The zero-order chi connectivity index (χ0) is 78.6. The van der Waals surface area contributed by atoms with Crippen molar-refractivity contribution in [2.24, 2.45) is 52.0 Å². The van der Waals surface area contributed by atoms with E-state index in [1.165, 1.54) is 56.8 Å². The number of carbonyl (C=O) groups is 12. The van der Waals surface area contributed by atoms with Crippen molar-refractivity contribution in [3.05, 3.63) is 82.4 Å². The lowest BCUT2D eigenvalue weighted by Crippen LogP contribution is -2.64. The molecule has 0 aliphatic carbocycles. The number of aliphatic hydroxyl groups excluding tert-OH is 2. The van der Waals surface area contributed by atoms with Crippen LogP contribution in [0.3, 0.4) is 0 Å². The Bertz CT molecular complexity index is 3330. The predicted molar refractivity (Wildman–Crippen MR) is 392 cm³/mol. The topological polar surface area (TPSA) is 494 Å². The van der Waals surface area contributed by atoms with Crippen molar-refractivity contribution >= 4 is 88.6 Å². The lowest BCUT2D eigenvalue weighted by atomic mass is 9.96. The molecule has 0 saturated carbocycles. The molecule has 578 valence electrons. The summed E-state index contributed by atoms with van der Waals surface area (Å²) in [5.74, 6) is -15.9. The first-order valence-corrected chi connectivity index (χ1v) is 36.7. The third-order valence-corrected chi connectivity index (χ3v) is 18.2. The first-order chi connectivity index (χ1) is 48.8. The lowest BCUT2D eigenvalue weighted by molar-refractivity contribution is -0.547. The Kier molecular flexibility index (Phi) is 36.9. The molecule has 2 unspecified atom stereocenters. The fraction of sp³-hybridized carbons (Fsp3) is 0.620. The average molecular weight is 1480 g/mol. The van der Waals surface area contributed by atoms with Crippen LogP contribution >= 0.6 is 11.8 Å². The number of hydrogen-bond acceptors (Lipinski definition) is 18. The molecule has 1 saturated heterocycles. The normalized spacial score (nSPS) is 25.8. The molecule has 3 rings (SSSR count). The Morgan fingerprint density at radius 1 is 0.471 bits per heavy atom. The molecule has 2 aromatic carbocycles. The van der Waals surface area contributed by atoms with Crippen molar-refractivity contribution in [2.45, 2.75) is 227 Å². The summed E-state index contributed by atoms with van der Waals surface area (Å²) in [7, 11) is 0. The highest BCUT2D eigenvalue weighted by Crippen LogP contribution is 2.19. The van der Waals surface area contributed by atoms with E-state index in [9.17, 15) is 77.8 Å². The van der Waals surface area contributed by atoms with Crippen LogP contribution in [0, 0.1) is 40.4 Å². The minimum atomic E-state index is -1.80. The molecule has 1 fully saturated rings. The molecule has 1 aliphatic rings. The summed E-state index contributed by atoms with van der Waals surface area (Å²) >= 11 is 1.31. The molecule has 0 bridgehead atoms. The van der Waals surface area contributed by atoms with E-state index in [4.69, 9.17) is 11.5 Å². The van der Waals surface area contributed by atoms with Crippen molar-refractivity contribution in [1.29, 1.82) is 0 Å². The molecule has 33 heteroatoms. The van der Waals surface area contributed by atoms with Gasteiger partial charge in [-0.1, -0.05) is 132 Å². The summed E-state index contributed by atoms with van der Waals surface area (Å²) in [4.78, 5) is 194. The van der Waals surface area contributed by atoms with Gasteiger partial charge < -0.3 is 85.3 Å². The van der Waals surface area contributed by atoms with Crippen LogP contribution in [0.25, 0.3) is 0 Å². The first-order valence-electron chi connectivity index (χ1n) is 35.3. The average Bonchev–Trinajstić information content (AvgIpc) is 0.839. The fourth-order valence-corrected chi connectivity index (χ4v) is 11.5. The van der Waals surface area contributed by atoms with Crippen LogP contribution in [0.2, 0.25) is 0 Å². The van der Waals surface area contributed by atoms with E-state index in [0.29, 0.717) is 11.1 Å². The number of phenolic OH excluding ortho intramolecular Hbond substituents is 1. The van der Waals surface area contributed by atoms with Gasteiger partial charge in [0.25, 0.3) is 6.17 Å². The maximum absolute atomic E-state index is 14.9. The monoisotopic (exact) mass is 1480 g/mol. The number of nitroso groups, excluding NO2 is 1. The van der Waals surface area contributed by atoms with E-state index in [0.717, 1.165) is 6.08 Å². The van der Waals surface area contributed by atoms with Gasteiger partial charge in [-0.25, -0.2) is 0 Å². The van der Waals surface area contributed by atoms with E-state index >= 15 is 0 Å². The van der Waals surface area contributed by atoms with Crippen LogP contribution in [-0.2, 0) is 70.4 Å². The Morgan fingerprint density at radius 2 is 0.827 bits per heavy atom. The Hall–Kier alpha value is -9.24. The third-order valence-electron chi connectivity index (χ3n) is 17.6. The summed E-state index contributed by atoms with van der Waals surface area (Å²) < 4.78 is 0.237. The number of nitrogens with one attached hydrogen (secondary N) is 12. The largest absolute Gasteiger partial charge is 0.508 e. The van der Waals surface area contributed by atoms with Crippen LogP contribution in [0.15, 0.2) is 71.4 Å². The summed E-state index contributed by atoms with van der Waals surface area (Å²) in [5, 5.41) is 64.0. The highest BCUT2D eigenvalue weighted by atomic mass is 32.2. The van der Waals surface area contributed by atoms with Gasteiger partial charge in [-0.05, 0) is 111 Å². The van der Waals surface area contributed by atoms with Crippen LogP contribution in [0.5, 0.6) is 5.75 Å². The molecule has 0 spiro atoms. The van der Waals surface area contributed by atoms with Crippen molar-refractivity contribution in [3.63, 3.8) is 0 Å². The molecular weight excluding hydrogens is 1360 g/mol. The van der Waals surface area contributed by atoms with Crippen LogP contribution in [0.1, 0.15) is 141 Å². The molecule has 15 atom stereocenters. The zero-order valence-corrected chi connectivity index (χ0v) is 63.4. The number of hydrogen-bond donors (Lipinski definition) is 17. The molecule has 1 aliphatic heterocycles. The van der Waals surface area contributed by atoms with Gasteiger partial charge in [0.2, 0.25) is 65.0 Å². The van der Waals surface area contributed by atoms with Gasteiger partial charge in [-0.2, -0.15) is 11.8 Å². The Morgan fingerprint density at radius 3 is 1.24 bits per heavy atom. The van der Waals surface area contributed by atoms with Crippen molar-refractivity contribution in [3.8, 4) is 5.75 Å². The molecule has 12 amide bonds. The summed E-state index contributed by atoms with van der Waals surface area (Å²) in [5.41, 5.74) is 11.6. The number of allylic oxidation sites excluding steroid dienone is 1. The first kappa shape index (κ1) is 89.0. The number of phenols is 1. The molecule has 0 aromatic heterocycles. The quantitative estimate of drug-likeness (QED) is 0.0262. The van der Waals surface area contributed by atoms with Gasteiger partial charge in [0.05, 0.1) is 17.0 Å². The van der Waals surface area contributed by atoms with E-state index in [1.54, 1.807) is 120 Å². The second-order valence-electron chi connectivity index (χ2n) is 27.9. The van der Waals surface area contributed by atoms with Crippen LogP contribution in [-0.4, -0.2) is 200 Å². The van der Waals surface area contributed by atoms with Gasteiger partial charge >= 0.3 is 11.6 Å². The van der Waals surface area contributed by atoms with E-state index < -0.39 is 197 Å². The van der Waals surface area contributed by atoms with Crippen molar-refractivity contribution in [2.75, 3.05) is 18.6 Å². The zero-order valence-electron chi connectivity index (χ0n) is 62.6. The summed E-state index contributed by atoms with van der Waals surface area (Å²) in [6.45, 7) is 23.0. The minimum absolute atomic E-state index is 0.0392. The van der Waals surface area contributed by atoms with Gasteiger partial charge in [0, 0.05) is 30.2 Å². The number of benzene rings is 2. The minimum Gasteiger partial charge on any atom is -0.508 e. The summed E-state index contributed by atoms with van der Waals surface area (Å²) in [6, 6.07) is -2.56. The number of thioether (sulfide) groups is 1. The number of aromatic hydroxyl groups is 1. The number of amides is 12. The van der Waals surface area contributed by atoms with Gasteiger partial charge in [-0.3, -0.25) is 67.8 Å². The van der Waals surface area contributed by atoms with Crippen molar-refractivity contribution < 1.29 is 77.6 Å². The van der Waals surface area contributed by atoms with E-state index in [-0.39, 0.29) is 67.3 Å². The predicted octanol–water partition coefficient (Wildman–Crippen LogP) is -0.457. The van der Waals surface area contributed by atoms with Gasteiger partial charge in [0.15, 0.2) is 5.96 Å². The molecule has 1 heterocycles. The molecule has 104 heavy (non-hydrogen) atoms. The molecular formula is C71H113N16O16S+. The van der Waals surface area contributed by atoms with Crippen LogP contribution in [0.4, 0.5) is 0 Å². The maximum atomic E-state index is 14.9. The Labute approximate surface area is 613 Å². The second-order valence-corrected chi connectivity index (χ2v) is 28.9. The van der Waals surface area contributed by atoms with E-state index in [1.807, 2.05) is 0 Å². The molecule has 19 N–H and O–H groups in total. The number of nitrogens with two attached hydrogens (primary N) is 2. The number of aliphatic imine (C=N–C) groups is 1. The number of nitrogens with zero attached hydrogens (tertiary/aromatic N) is 2. The molecule has 32 nitrogen and oxygen atoms in total. The smallest absolute Gasteiger partial charge is 0.320 e. The number of guanidine groups is 1. The number of rotatable bonds is 20. The number of carbonyl (C=O) groups excluding carboxylic acids is 12. The second kappa shape index (κ2) is 43.1. The van der Waals surface area contributed by atoms with Crippen LogP contribution < -0.4 is 75.3 Å². The Balaban J connectivity index is 2.35. The maximum Gasteiger partial charge on any atom is 0.320 e. The SMILES string of the molecule is C/C=C1/C(=O)N[C@@H](CCCN=C(N)N)C(=O)N[C@H](Cc2ccc(O)cc2)C(=O)N[C@@H](CCSC)C(=O)N[C@@H](C(C)C)C(=O)NC([C@@H](C)O)C(=O)N[C@@H](C(C)CC)C(=O)N[C@@H]([C@H](C)O)C(=O)N[C@H](C(C)C)C(=O)N[C@@H](C(C)C)C(=O)N[C@@H](C(C)C)C(=O)N[C@H](Cc2ccccc2)C(=O)N[C@@H](C(C)C)[N+]1=O. The standard InChI is InChI=1S/C71H112N16O16S/c1-17-40(13)55-68(100)85-56(41(14)88)69(101)82-54(38(9)10)66(98)81-53(37(7)8)65(97)80-51(35(3)4)64(96)78-49(33-43-23-20-19-21-24-43)62(94)86-58(39(11)12)87(103)50(18-2)63(95)76-46(25-22-31-74-71(72)73)59(91)77-48(34-44-26-28-45(90)29-27-44)61(93)75-47(30-32-104-16)60(92)79-52(36(5)6)67(99)84-57(42(15)89)70(102)83-55/h18-21,23-24,26-29,35-42,46-49,51-58,88-89H,17,22,25,30-34H2,1-16H3,(H16-,72,73,74,75,76,77,78,79,80,81,82,83,84,85,86,90,91,92,93,94,95,96,97,98,99,100,101,102)/p+1/b50-18-/t40?,41-,42+,46-,47-,48+,49+,51-,52-,53-,54+,55-,56-,57?,58+/m0/s1. The third kappa shape index (κ3) is 27.8. The lowest BCUT2D eigenvalue weighted by Gasteiger charge is -2.32. The molecule has 2 aromatic rings. The number of aliphatic hydroxyl groups is 2. The van der Waals surface area contributed by atoms with E-state index in [2.05, 4.69) is 68.8 Å². The summed E-state index contributed by atoms with van der Waals surface area (Å²) in [6.07, 6.45) is -2.36. The highest BCUT2D eigenvalue weighted by Gasteiger charge is 2.44.